The van der Waals surface area contributed by atoms with Crippen LogP contribution in [0.25, 0.3) is 16.9 Å². The number of carbonyl (C=O) groups excluding carboxylic acids is 1. The Kier molecular flexibility index (Phi) is 5.93. The molecular weight excluding hydrogens is 388 g/mol. The van der Waals surface area contributed by atoms with Crippen molar-refractivity contribution < 1.29 is 4.79 Å². The minimum atomic E-state index is -0.155. The van der Waals surface area contributed by atoms with E-state index in [4.69, 9.17) is 0 Å². The summed E-state index contributed by atoms with van der Waals surface area (Å²) in [6.45, 7) is 8.38. The van der Waals surface area contributed by atoms with Crippen molar-refractivity contribution in [3.63, 3.8) is 0 Å². The van der Waals surface area contributed by atoms with Crippen LogP contribution in [0.1, 0.15) is 35.6 Å². The Morgan fingerprint density at radius 2 is 1.65 bits per heavy atom. The van der Waals surface area contributed by atoms with Crippen molar-refractivity contribution in [2.45, 2.75) is 27.3 Å². The van der Waals surface area contributed by atoms with E-state index in [0.29, 0.717) is 17.0 Å². The topological polar surface area (TPSA) is 75.4 Å². The van der Waals surface area contributed by atoms with Crippen LogP contribution in [-0.4, -0.2) is 38.8 Å². The van der Waals surface area contributed by atoms with Crippen molar-refractivity contribution in [2.75, 3.05) is 18.0 Å². The van der Waals surface area contributed by atoms with Gasteiger partial charge in [-0.3, -0.25) is 4.79 Å². The van der Waals surface area contributed by atoms with Gasteiger partial charge in [0.1, 0.15) is 0 Å². The second-order valence-corrected chi connectivity index (χ2v) is 7.37. The Morgan fingerprint density at radius 1 is 0.935 bits per heavy atom. The first-order valence-electron chi connectivity index (χ1n) is 10.5. The highest BCUT2D eigenvalue weighted by Crippen LogP contribution is 2.18. The number of amides is 1. The van der Waals surface area contributed by atoms with Crippen LogP contribution in [0.2, 0.25) is 0 Å². The molecule has 7 nitrogen and oxygen atoms in total. The number of benzene rings is 2. The van der Waals surface area contributed by atoms with Crippen molar-refractivity contribution in [2.24, 2.45) is 0 Å². The normalized spacial score (nSPS) is 10.9. The van der Waals surface area contributed by atoms with Crippen molar-refractivity contribution in [3.05, 3.63) is 77.6 Å². The summed E-state index contributed by atoms with van der Waals surface area (Å²) < 4.78 is 1.68. The van der Waals surface area contributed by atoms with Gasteiger partial charge in [-0.2, -0.15) is 9.61 Å². The number of aromatic nitrogens is 4. The van der Waals surface area contributed by atoms with E-state index in [2.05, 4.69) is 58.4 Å². The molecule has 0 aliphatic heterocycles. The number of anilines is 1. The zero-order chi connectivity index (χ0) is 21.8. The highest BCUT2D eigenvalue weighted by Gasteiger charge is 2.12. The summed E-state index contributed by atoms with van der Waals surface area (Å²) in [4.78, 5) is 14.9. The fourth-order valence-corrected chi connectivity index (χ4v) is 3.50. The van der Waals surface area contributed by atoms with E-state index in [1.54, 1.807) is 4.52 Å². The van der Waals surface area contributed by atoms with Gasteiger partial charge in [-0.1, -0.05) is 29.8 Å². The Hall–Kier alpha value is -3.74. The van der Waals surface area contributed by atoms with Gasteiger partial charge in [0.25, 0.3) is 5.91 Å². The maximum absolute atomic E-state index is 12.6. The molecule has 0 aliphatic rings. The molecule has 1 N–H and O–H groups in total. The highest BCUT2D eigenvalue weighted by atomic mass is 16.1. The lowest BCUT2D eigenvalue weighted by molar-refractivity contribution is 0.0949. The van der Waals surface area contributed by atoms with Gasteiger partial charge < -0.3 is 10.2 Å². The molecule has 2 aromatic heterocycles. The summed E-state index contributed by atoms with van der Waals surface area (Å²) in [6, 6.07) is 19.6. The first-order chi connectivity index (χ1) is 15.1. The molecule has 31 heavy (non-hydrogen) atoms. The van der Waals surface area contributed by atoms with E-state index in [1.165, 1.54) is 5.56 Å². The molecule has 0 spiro atoms. The number of aryl methyl sites for hydroxylation is 1. The molecule has 4 rings (SSSR count). The largest absolute Gasteiger partial charge is 0.372 e. The Balaban J connectivity index is 1.49. The zero-order valence-electron chi connectivity index (χ0n) is 18.0. The van der Waals surface area contributed by atoms with Gasteiger partial charge in [-0.25, -0.2) is 0 Å². The Labute approximate surface area is 181 Å². The van der Waals surface area contributed by atoms with Crippen LogP contribution < -0.4 is 10.2 Å². The molecule has 0 fully saturated rings. The predicted octanol–water partition coefficient (Wildman–Crippen LogP) is 3.88. The van der Waals surface area contributed by atoms with Crippen LogP contribution in [0.3, 0.4) is 0 Å². The minimum Gasteiger partial charge on any atom is -0.372 e. The van der Waals surface area contributed by atoms with Gasteiger partial charge in [-0.15, -0.1) is 10.2 Å². The Bertz CT molecular complexity index is 1180. The predicted molar refractivity (Wildman–Crippen MR) is 122 cm³/mol. The molecule has 0 radical (unpaired) electrons. The summed E-state index contributed by atoms with van der Waals surface area (Å²) in [5, 5.41) is 16.0. The lowest BCUT2D eigenvalue weighted by Gasteiger charge is -2.21. The molecule has 0 atom stereocenters. The van der Waals surface area contributed by atoms with Gasteiger partial charge in [0.15, 0.2) is 11.5 Å². The number of nitrogens with zero attached hydrogens (tertiary/aromatic N) is 5. The molecule has 2 heterocycles. The first-order valence-corrected chi connectivity index (χ1v) is 10.5. The number of fused-ring (bicyclic) bond motifs is 1. The molecular formula is C24H26N6O. The summed E-state index contributed by atoms with van der Waals surface area (Å²) in [7, 11) is 0. The van der Waals surface area contributed by atoms with E-state index in [0.717, 1.165) is 30.0 Å². The molecule has 2 aromatic carbocycles. The number of rotatable bonds is 7. The van der Waals surface area contributed by atoms with Gasteiger partial charge in [-0.05, 0) is 57.2 Å². The van der Waals surface area contributed by atoms with Gasteiger partial charge in [0.05, 0.1) is 12.2 Å². The van der Waals surface area contributed by atoms with Crippen molar-refractivity contribution in [3.8, 4) is 11.3 Å². The molecule has 4 aromatic rings. The van der Waals surface area contributed by atoms with Crippen molar-refractivity contribution in [1.29, 1.82) is 0 Å². The summed E-state index contributed by atoms with van der Waals surface area (Å²) in [5.74, 6) is 0.426. The van der Waals surface area contributed by atoms with Crippen LogP contribution in [0.4, 0.5) is 5.69 Å². The minimum absolute atomic E-state index is 0.155. The summed E-state index contributed by atoms with van der Waals surface area (Å²) in [5.41, 5.74) is 5.40. The maximum atomic E-state index is 12.6. The summed E-state index contributed by atoms with van der Waals surface area (Å²) in [6.07, 6.45) is 0. The lowest BCUT2D eigenvalue weighted by atomic mass is 10.1. The smallest absolute Gasteiger partial charge is 0.251 e. The van der Waals surface area contributed by atoms with Crippen LogP contribution in [0.15, 0.2) is 60.7 Å². The fraction of sp³-hybridized carbons (Fsp3) is 0.250. The highest BCUT2D eigenvalue weighted by molar-refractivity contribution is 5.94. The molecule has 0 unspecified atom stereocenters. The average Bonchev–Trinajstić information content (AvgIpc) is 3.21. The number of hydrogen-bond acceptors (Lipinski definition) is 5. The lowest BCUT2D eigenvalue weighted by Crippen LogP contribution is -2.25. The van der Waals surface area contributed by atoms with Crippen LogP contribution in [-0.2, 0) is 6.54 Å². The number of carbonyl (C=O) groups is 1. The molecule has 158 valence electrons. The molecule has 1 amide bonds. The van der Waals surface area contributed by atoms with Crippen LogP contribution in [0, 0.1) is 6.92 Å². The number of nitrogens with one attached hydrogen (secondary N) is 1. The molecule has 0 saturated heterocycles. The second kappa shape index (κ2) is 8.95. The van der Waals surface area contributed by atoms with Crippen LogP contribution in [0.5, 0.6) is 0 Å². The van der Waals surface area contributed by atoms with Gasteiger partial charge in [0.2, 0.25) is 0 Å². The van der Waals surface area contributed by atoms with E-state index >= 15 is 0 Å². The number of hydrogen-bond donors (Lipinski definition) is 1. The third-order valence-electron chi connectivity index (χ3n) is 5.34. The van der Waals surface area contributed by atoms with Crippen LogP contribution >= 0.6 is 0 Å². The van der Waals surface area contributed by atoms with Gasteiger partial charge >= 0.3 is 0 Å². The second-order valence-electron chi connectivity index (χ2n) is 7.37. The SMILES string of the molecule is CCN(CC)c1ccc(C(=O)NCc2nnc3ccc(-c4ccc(C)cc4)nn23)cc1. The van der Waals surface area contributed by atoms with Crippen molar-refractivity contribution >= 4 is 17.2 Å². The maximum Gasteiger partial charge on any atom is 0.251 e. The Morgan fingerprint density at radius 3 is 2.32 bits per heavy atom. The molecule has 0 bridgehead atoms. The standard InChI is InChI=1S/C24H26N6O/c1-4-29(5-2)20-12-10-19(11-13-20)24(31)25-16-23-27-26-22-15-14-21(28-30(22)23)18-8-6-17(3)7-9-18/h6-15H,4-5,16H2,1-3H3,(H,25,31). The average molecular weight is 415 g/mol. The van der Waals surface area contributed by atoms with E-state index < -0.39 is 0 Å². The van der Waals surface area contributed by atoms with Crippen molar-refractivity contribution in [1.82, 2.24) is 25.1 Å². The molecule has 0 aliphatic carbocycles. The zero-order valence-corrected chi connectivity index (χ0v) is 18.0. The van der Waals surface area contributed by atoms with E-state index in [9.17, 15) is 4.79 Å². The third-order valence-corrected chi connectivity index (χ3v) is 5.34. The fourth-order valence-electron chi connectivity index (χ4n) is 3.50. The third kappa shape index (κ3) is 4.40. The van der Waals surface area contributed by atoms with E-state index in [1.807, 2.05) is 48.5 Å². The monoisotopic (exact) mass is 414 g/mol. The van der Waals surface area contributed by atoms with Gasteiger partial charge in [0, 0.05) is 29.9 Å². The first kappa shape index (κ1) is 20.5. The quantitative estimate of drug-likeness (QED) is 0.497. The molecule has 0 saturated carbocycles. The molecule has 7 heteroatoms. The summed E-state index contributed by atoms with van der Waals surface area (Å²) >= 11 is 0. The van der Waals surface area contributed by atoms with E-state index in [-0.39, 0.29) is 12.5 Å².